The molecule has 3 saturated heterocycles. The number of hydrogen-bond acceptors (Lipinski definition) is 6. The minimum absolute atomic E-state index is 0.184. The van der Waals surface area contributed by atoms with Gasteiger partial charge in [0.05, 0.1) is 25.9 Å². The predicted molar refractivity (Wildman–Crippen MR) is 73.5 cm³/mol. The lowest BCUT2D eigenvalue weighted by atomic mass is 9.90. The lowest BCUT2D eigenvalue weighted by Crippen LogP contribution is -2.70. The van der Waals surface area contributed by atoms with E-state index in [0.717, 1.165) is 0 Å². The molecule has 122 valence electrons. The van der Waals surface area contributed by atoms with Crippen LogP contribution in [-0.2, 0) is 18.9 Å². The molecule has 0 spiro atoms. The van der Waals surface area contributed by atoms with Crippen LogP contribution in [0.1, 0.15) is 34.6 Å². The van der Waals surface area contributed by atoms with E-state index < -0.39 is 29.8 Å². The maximum Gasteiger partial charge on any atom is 0.408 e. The van der Waals surface area contributed by atoms with Gasteiger partial charge in [0.15, 0.2) is 0 Å². The minimum Gasteiger partial charge on any atom is -0.444 e. The van der Waals surface area contributed by atoms with Gasteiger partial charge < -0.3 is 29.4 Å². The van der Waals surface area contributed by atoms with Gasteiger partial charge in [-0.3, -0.25) is 0 Å². The molecule has 3 aliphatic rings. The molecular weight excluding hydrogens is 278 g/mol. The van der Waals surface area contributed by atoms with Crippen LogP contribution in [0.25, 0.3) is 0 Å². The van der Waals surface area contributed by atoms with Crippen molar-refractivity contribution in [1.29, 1.82) is 0 Å². The first-order chi connectivity index (χ1) is 9.55. The smallest absolute Gasteiger partial charge is 0.408 e. The van der Waals surface area contributed by atoms with Gasteiger partial charge in [-0.25, -0.2) is 4.79 Å². The van der Waals surface area contributed by atoms with Gasteiger partial charge in [-0.15, -0.1) is 0 Å². The number of carbonyl (C=O) groups excluding carboxylic acids is 1. The number of rotatable bonds is 3. The summed E-state index contributed by atoms with van der Waals surface area (Å²) < 4.78 is 22.1. The molecule has 0 radical (unpaired) electrons. The van der Waals surface area contributed by atoms with Gasteiger partial charge in [-0.2, -0.15) is 0 Å². The lowest BCUT2D eigenvalue weighted by molar-refractivity contribution is -0.477. The number of nitrogens with one attached hydrogen (secondary N) is 1. The molecule has 0 aromatic heterocycles. The summed E-state index contributed by atoms with van der Waals surface area (Å²) in [7, 11) is 0. The molecule has 2 atom stereocenters. The van der Waals surface area contributed by atoms with E-state index in [0.29, 0.717) is 19.8 Å². The molecule has 2 unspecified atom stereocenters. The van der Waals surface area contributed by atoms with Crippen LogP contribution in [0.3, 0.4) is 0 Å². The van der Waals surface area contributed by atoms with Crippen LogP contribution >= 0.6 is 0 Å². The number of amides is 1. The van der Waals surface area contributed by atoms with Gasteiger partial charge >= 0.3 is 12.1 Å². The number of alkyl carbamates (subject to hydrolysis) is 1. The molecule has 0 aromatic carbocycles. The van der Waals surface area contributed by atoms with Crippen molar-refractivity contribution >= 4 is 6.09 Å². The first kappa shape index (κ1) is 16.5. The molecule has 0 aliphatic carbocycles. The topological polar surface area (TPSA) is 86.3 Å². The molecule has 2 bridgehead atoms. The third-order valence-electron chi connectivity index (χ3n) is 3.40. The van der Waals surface area contributed by atoms with Gasteiger partial charge in [0.25, 0.3) is 0 Å². The Morgan fingerprint density at radius 2 is 1.71 bits per heavy atom. The van der Waals surface area contributed by atoms with Crippen LogP contribution in [-0.4, -0.2) is 54.7 Å². The van der Waals surface area contributed by atoms with E-state index in [1.54, 1.807) is 20.8 Å². The summed E-state index contributed by atoms with van der Waals surface area (Å²) in [4.78, 5) is 11.9. The number of fused-ring (bicyclic) bond motifs is 3. The standard InChI is InChI=1S/C14H25NO6/c1-9(16)10(15-11(17)21-12(2,3)4)14-18-6-13(5,7-19-14)8-20-14/h9-10,16H,6-8H2,1-5H3,(H,15,17). The molecule has 21 heavy (non-hydrogen) atoms. The van der Waals surface area contributed by atoms with Crippen molar-refractivity contribution in [1.82, 2.24) is 5.32 Å². The van der Waals surface area contributed by atoms with Crippen LogP contribution < -0.4 is 5.32 Å². The maximum absolute atomic E-state index is 11.9. The van der Waals surface area contributed by atoms with Crippen LogP contribution in [0.2, 0.25) is 0 Å². The Bertz CT molecular complexity index is 378. The van der Waals surface area contributed by atoms with Crippen LogP contribution in [0.5, 0.6) is 0 Å². The van der Waals surface area contributed by atoms with Crippen molar-refractivity contribution in [3.05, 3.63) is 0 Å². The summed E-state index contributed by atoms with van der Waals surface area (Å²) in [6, 6.07) is -0.878. The van der Waals surface area contributed by atoms with Crippen molar-refractivity contribution in [2.45, 2.75) is 58.3 Å². The number of aliphatic hydroxyl groups is 1. The van der Waals surface area contributed by atoms with Gasteiger partial charge in [0, 0.05) is 5.41 Å². The Morgan fingerprint density at radius 3 is 2.10 bits per heavy atom. The number of ether oxygens (including phenoxy) is 4. The highest BCUT2D eigenvalue weighted by Gasteiger charge is 2.57. The second-order valence-corrected chi connectivity index (χ2v) is 7.14. The maximum atomic E-state index is 11.9. The van der Waals surface area contributed by atoms with E-state index >= 15 is 0 Å². The Hall–Kier alpha value is -0.890. The monoisotopic (exact) mass is 303 g/mol. The Labute approximate surface area is 124 Å². The van der Waals surface area contributed by atoms with E-state index in [-0.39, 0.29) is 5.41 Å². The summed E-state index contributed by atoms with van der Waals surface area (Å²) in [5, 5.41) is 12.6. The van der Waals surface area contributed by atoms with E-state index in [1.165, 1.54) is 6.92 Å². The van der Waals surface area contributed by atoms with Gasteiger partial charge in [0.1, 0.15) is 11.6 Å². The molecule has 3 heterocycles. The Balaban J connectivity index is 2.08. The van der Waals surface area contributed by atoms with Crippen molar-refractivity contribution in [2.24, 2.45) is 5.41 Å². The zero-order chi connectivity index (χ0) is 15.9. The van der Waals surface area contributed by atoms with Crippen molar-refractivity contribution < 1.29 is 28.8 Å². The summed E-state index contributed by atoms with van der Waals surface area (Å²) in [5.41, 5.74) is -0.817. The highest BCUT2D eigenvalue weighted by atomic mass is 16.9. The van der Waals surface area contributed by atoms with Gasteiger partial charge in [0.2, 0.25) is 0 Å². The highest BCUT2D eigenvalue weighted by Crippen LogP contribution is 2.40. The summed E-state index contributed by atoms with van der Waals surface area (Å²) in [6.45, 7) is 10.2. The van der Waals surface area contributed by atoms with Crippen molar-refractivity contribution in [3.8, 4) is 0 Å². The SMILES string of the molecule is CC(O)C(NC(=O)OC(C)(C)C)C12OCC(C)(CO1)CO2. The van der Waals surface area contributed by atoms with Gasteiger partial charge in [-0.1, -0.05) is 6.92 Å². The second-order valence-electron chi connectivity index (χ2n) is 7.14. The zero-order valence-electron chi connectivity index (χ0n) is 13.3. The average molecular weight is 303 g/mol. The van der Waals surface area contributed by atoms with E-state index in [4.69, 9.17) is 18.9 Å². The van der Waals surface area contributed by atoms with Crippen molar-refractivity contribution in [3.63, 3.8) is 0 Å². The first-order valence-corrected chi connectivity index (χ1v) is 7.15. The molecule has 2 N–H and O–H groups in total. The highest BCUT2D eigenvalue weighted by molar-refractivity contribution is 5.68. The van der Waals surface area contributed by atoms with E-state index in [9.17, 15) is 9.90 Å². The minimum atomic E-state index is -1.46. The van der Waals surface area contributed by atoms with Gasteiger partial charge in [-0.05, 0) is 27.7 Å². The molecular formula is C14H25NO6. The van der Waals surface area contributed by atoms with Crippen LogP contribution in [0, 0.1) is 5.41 Å². The molecule has 0 saturated carbocycles. The van der Waals surface area contributed by atoms with Crippen molar-refractivity contribution in [2.75, 3.05) is 19.8 Å². The largest absolute Gasteiger partial charge is 0.444 e. The number of hydrogen-bond donors (Lipinski definition) is 2. The Morgan fingerprint density at radius 1 is 1.24 bits per heavy atom. The third-order valence-corrected chi connectivity index (χ3v) is 3.40. The fourth-order valence-corrected chi connectivity index (χ4v) is 2.28. The fourth-order valence-electron chi connectivity index (χ4n) is 2.28. The lowest BCUT2D eigenvalue weighted by Gasteiger charge is -2.53. The molecule has 1 amide bonds. The Kier molecular flexibility index (Phi) is 4.23. The molecule has 7 nitrogen and oxygen atoms in total. The predicted octanol–water partition coefficient (Wildman–Crippen LogP) is 0.998. The molecule has 3 rings (SSSR count). The third kappa shape index (κ3) is 3.66. The van der Waals surface area contributed by atoms with Crippen LogP contribution in [0.15, 0.2) is 0 Å². The fraction of sp³-hybridized carbons (Fsp3) is 0.929. The average Bonchev–Trinajstić information content (AvgIpc) is 2.35. The van der Waals surface area contributed by atoms with E-state index in [2.05, 4.69) is 5.32 Å². The molecule has 3 aliphatic heterocycles. The summed E-state index contributed by atoms with van der Waals surface area (Å²) >= 11 is 0. The summed E-state index contributed by atoms with van der Waals surface area (Å²) in [6.07, 6.45) is -1.59. The van der Waals surface area contributed by atoms with Crippen LogP contribution in [0.4, 0.5) is 4.79 Å². The zero-order valence-corrected chi connectivity index (χ0v) is 13.3. The number of carbonyl (C=O) groups is 1. The number of aliphatic hydroxyl groups excluding tert-OH is 1. The molecule has 7 heteroatoms. The normalized spacial score (nSPS) is 35.1. The molecule has 3 fully saturated rings. The van der Waals surface area contributed by atoms with E-state index in [1.807, 2.05) is 6.92 Å². The summed E-state index contributed by atoms with van der Waals surface area (Å²) in [5.74, 6) is -1.46. The molecule has 0 aromatic rings. The first-order valence-electron chi connectivity index (χ1n) is 7.15. The second kappa shape index (κ2) is 5.39. The quantitative estimate of drug-likeness (QED) is 0.809.